The van der Waals surface area contributed by atoms with E-state index in [9.17, 15) is 23.6 Å². The van der Waals surface area contributed by atoms with Gasteiger partial charge in [0.1, 0.15) is 5.03 Å². The Kier molecular flexibility index (Phi) is 8.17. The third-order valence-electron chi connectivity index (χ3n) is 5.01. The summed E-state index contributed by atoms with van der Waals surface area (Å²) in [5, 5.41) is 8.74. The Bertz CT molecular complexity index is 1100. The van der Waals surface area contributed by atoms with Gasteiger partial charge in [0, 0.05) is 24.6 Å². The van der Waals surface area contributed by atoms with E-state index < -0.39 is 44.9 Å². The molecule has 2 amide bonds. The smallest absolute Gasteiger partial charge is 0.362 e. The molecule has 3 rings (SSSR count). The molecule has 0 bridgehead atoms. The van der Waals surface area contributed by atoms with Crippen LogP contribution in [0, 0.1) is 5.21 Å². The average Bonchev–Trinajstić information content (AvgIpc) is 2.81. The molecule has 11 heteroatoms. The second-order valence-electron chi connectivity index (χ2n) is 7.24. The van der Waals surface area contributed by atoms with Crippen molar-refractivity contribution in [2.75, 3.05) is 6.61 Å². The number of hydrogen-bond donors (Lipinski definition) is 0. The molecule has 180 valence electrons. The van der Waals surface area contributed by atoms with Gasteiger partial charge in [-0.3, -0.25) is 9.59 Å². The third-order valence-corrected chi connectivity index (χ3v) is 5.85. The highest BCUT2D eigenvalue weighted by molar-refractivity contribution is 6.34. The van der Waals surface area contributed by atoms with Crippen molar-refractivity contribution < 1.29 is 32.4 Å². The zero-order chi connectivity index (χ0) is 24.9. The number of carbonyl (C=O) groups is 2. The van der Waals surface area contributed by atoms with Gasteiger partial charge in [-0.1, -0.05) is 59.6 Å². The Hall–Kier alpha value is -2.69. The van der Waals surface area contributed by atoms with Crippen molar-refractivity contribution in [1.29, 1.82) is 0 Å². The van der Waals surface area contributed by atoms with Crippen LogP contribution in [-0.4, -0.2) is 35.2 Å². The number of alkyl halides is 3. The van der Waals surface area contributed by atoms with E-state index in [-0.39, 0.29) is 6.61 Å². The maximum atomic E-state index is 13.7. The maximum absolute atomic E-state index is 13.7. The Morgan fingerprint density at radius 3 is 2.35 bits per heavy atom. The van der Waals surface area contributed by atoms with E-state index in [0.29, 0.717) is 6.42 Å². The van der Waals surface area contributed by atoms with Gasteiger partial charge in [0.05, 0.1) is 6.61 Å². The number of amides is 2. The summed E-state index contributed by atoms with van der Waals surface area (Å²) in [6, 6.07) is 13.8. The van der Waals surface area contributed by atoms with Crippen LogP contribution in [0.15, 0.2) is 83.7 Å². The second-order valence-corrected chi connectivity index (χ2v) is 8.21. The monoisotopic (exact) mass is 512 g/mol. The molecule has 1 aromatic carbocycles. The summed E-state index contributed by atoms with van der Waals surface area (Å²) in [6.45, 7) is -2.55. The molecule has 34 heavy (non-hydrogen) atoms. The molecule has 0 radical (unpaired) electrons. The van der Waals surface area contributed by atoms with E-state index in [1.54, 1.807) is 6.07 Å². The first kappa shape index (κ1) is 25.9. The highest BCUT2D eigenvalue weighted by Crippen LogP contribution is 2.48. The number of imide groups is 1. The van der Waals surface area contributed by atoms with E-state index in [2.05, 4.69) is 0 Å². The van der Waals surface area contributed by atoms with Crippen LogP contribution in [0.1, 0.15) is 12.5 Å². The van der Waals surface area contributed by atoms with Crippen LogP contribution in [0.25, 0.3) is 0 Å². The highest BCUT2D eigenvalue weighted by Gasteiger charge is 2.66. The maximum Gasteiger partial charge on any atom is 0.362 e. The molecule has 0 saturated carbocycles. The lowest BCUT2D eigenvalue weighted by atomic mass is 9.93. The Morgan fingerprint density at radius 1 is 1.15 bits per heavy atom. The fourth-order valence-electron chi connectivity index (χ4n) is 3.46. The molecule has 1 aliphatic carbocycles. The largest absolute Gasteiger partial charge is 0.749 e. The normalized spacial score (nSPS) is 22.2. The van der Waals surface area contributed by atoms with Gasteiger partial charge in [0.25, 0.3) is 5.06 Å². The first-order valence-corrected chi connectivity index (χ1v) is 10.8. The van der Waals surface area contributed by atoms with E-state index >= 15 is 0 Å². The van der Waals surface area contributed by atoms with Gasteiger partial charge in [-0.15, -0.1) is 0 Å². The van der Waals surface area contributed by atoms with Crippen LogP contribution in [-0.2, 0) is 31.2 Å². The van der Waals surface area contributed by atoms with Crippen molar-refractivity contribution in [2.24, 2.45) is 0 Å². The van der Waals surface area contributed by atoms with Gasteiger partial charge in [-0.05, 0) is 24.1 Å². The molecule has 1 aliphatic rings. The van der Waals surface area contributed by atoms with E-state index in [0.717, 1.165) is 24.6 Å². The fourth-order valence-corrected chi connectivity index (χ4v) is 4.34. The minimum Gasteiger partial charge on any atom is -0.749 e. The molecule has 7 nitrogen and oxygen atoms in total. The minimum atomic E-state index is -3.36. The predicted octanol–water partition coefficient (Wildman–Crippen LogP) is 4.00. The summed E-state index contributed by atoms with van der Waals surface area (Å²) in [4.78, 5) is 24.0. The zero-order valence-electron chi connectivity index (χ0n) is 17.9. The zero-order valence-corrected chi connectivity index (χ0v) is 19.4. The average molecular weight is 513 g/mol. The number of nitrogens with zero attached hydrogens (tertiary/aromatic N) is 2. The van der Waals surface area contributed by atoms with Crippen molar-refractivity contribution in [3.05, 3.63) is 94.5 Å². The molecule has 2 atom stereocenters. The van der Waals surface area contributed by atoms with Crippen LogP contribution in [0.2, 0.25) is 0 Å². The fraction of sp³-hybridized carbons (Fsp3) is 0.261. The molecule has 1 aromatic heterocycles. The lowest BCUT2D eigenvalue weighted by Crippen LogP contribution is -2.70. The summed E-state index contributed by atoms with van der Waals surface area (Å²) in [5.74, 6) is -2.37. The topological polar surface area (TPSA) is 82.8 Å². The Labute approximate surface area is 204 Å². The number of hydrogen-bond acceptors (Lipinski definition) is 5. The van der Waals surface area contributed by atoms with Gasteiger partial charge in [0.15, 0.2) is 12.4 Å². The minimum absolute atomic E-state index is 0.0921. The van der Waals surface area contributed by atoms with Gasteiger partial charge in [0.2, 0.25) is 11.8 Å². The standard InChI is InChI=1S/C23H20Cl2F2N2O5/c1-16(30)29(32)20(31)18-14-19(24)23(34-21(26)27,28-11-6-3-7-12-28)22(25,15-18)33-13-10-17-8-4-2-5-9-17/h2-9,11-12,14-15,21H,10,13H2,1H3. The summed E-state index contributed by atoms with van der Waals surface area (Å²) >= 11 is 13.2. The van der Waals surface area contributed by atoms with Crippen molar-refractivity contribution in [2.45, 2.75) is 30.7 Å². The number of carbonyl (C=O) groups excluding carboxylic acids is 2. The Morgan fingerprint density at radius 2 is 1.76 bits per heavy atom. The van der Waals surface area contributed by atoms with Crippen molar-refractivity contribution in [3.63, 3.8) is 0 Å². The van der Waals surface area contributed by atoms with Crippen molar-refractivity contribution in [1.82, 2.24) is 5.06 Å². The second kappa shape index (κ2) is 10.7. The van der Waals surface area contributed by atoms with Crippen LogP contribution < -0.4 is 4.57 Å². The van der Waals surface area contributed by atoms with E-state index in [4.69, 9.17) is 32.7 Å². The predicted molar refractivity (Wildman–Crippen MR) is 119 cm³/mol. The molecule has 0 fully saturated rings. The van der Waals surface area contributed by atoms with Gasteiger partial charge >= 0.3 is 12.3 Å². The number of pyridine rings is 1. The molecule has 2 unspecified atom stereocenters. The first-order valence-electron chi connectivity index (χ1n) is 10.0. The van der Waals surface area contributed by atoms with Gasteiger partial charge in [-0.2, -0.15) is 13.3 Å². The molecule has 0 spiro atoms. The van der Waals surface area contributed by atoms with Gasteiger partial charge < -0.3 is 15.0 Å². The first-order chi connectivity index (χ1) is 16.1. The third kappa shape index (κ3) is 5.18. The molecule has 2 aromatic rings. The summed E-state index contributed by atoms with van der Waals surface area (Å²) in [5.41, 5.74) is -1.90. The molecule has 0 saturated heterocycles. The lowest BCUT2D eigenvalue weighted by Gasteiger charge is -2.41. The van der Waals surface area contributed by atoms with Crippen LogP contribution >= 0.6 is 23.2 Å². The van der Waals surface area contributed by atoms with Crippen molar-refractivity contribution >= 4 is 35.0 Å². The van der Waals surface area contributed by atoms with Crippen LogP contribution in [0.3, 0.4) is 0 Å². The van der Waals surface area contributed by atoms with E-state index in [1.165, 1.54) is 29.1 Å². The number of ether oxygens (including phenoxy) is 2. The number of halogens is 4. The highest BCUT2D eigenvalue weighted by atomic mass is 35.5. The Balaban J connectivity index is 2.11. The number of hydroxylamine groups is 2. The lowest BCUT2D eigenvalue weighted by molar-refractivity contribution is -0.814. The quantitative estimate of drug-likeness (QED) is 0.303. The molecular formula is C23H20Cl2F2N2O5. The number of aromatic nitrogens is 1. The van der Waals surface area contributed by atoms with Crippen LogP contribution in [0.5, 0.6) is 0 Å². The van der Waals surface area contributed by atoms with Crippen molar-refractivity contribution in [3.8, 4) is 0 Å². The van der Waals surface area contributed by atoms with Crippen LogP contribution in [0.4, 0.5) is 8.78 Å². The SMILES string of the molecule is CC(=O)N([O-])C(=O)C1=CC(Cl)(OCCc2ccccc2)C(OC(F)F)([n+]2ccccc2)C(Cl)=C1. The molecular weight excluding hydrogens is 493 g/mol. The van der Waals surface area contributed by atoms with E-state index in [1.807, 2.05) is 30.3 Å². The molecule has 0 N–H and O–H groups in total. The molecule has 1 heterocycles. The number of rotatable bonds is 8. The molecule has 0 aliphatic heterocycles. The van der Waals surface area contributed by atoms with Gasteiger partial charge in [-0.25, -0.2) is 4.74 Å². The summed E-state index contributed by atoms with van der Waals surface area (Å²) in [7, 11) is 0. The summed E-state index contributed by atoms with van der Waals surface area (Å²) < 4.78 is 39.5. The summed E-state index contributed by atoms with van der Waals surface area (Å²) in [6.07, 6.45) is 4.99. The number of benzene rings is 1.